The van der Waals surface area contributed by atoms with Gasteiger partial charge in [-0.2, -0.15) is 0 Å². The van der Waals surface area contributed by atoms with Crippen molar-refractivity contribution in [3.05, 3.63) is 90.5 Å². The van der Waals surface area contributed by atoms with Crippen LogP contribution in [0.4, 0.5) is 0 Å². The van der Waals surface area contributed by atoms with E-state index in [1.807, 2.05) is 18.2 Å². The second-order valence-electron chi connectivity index (χ2n) is 5.25. The zero-order chi connectivity index (χ0) is 14.7. The fourth-order valence-corrected chi connectivity index (χ4v) is 2.85. The van der Waals surface area contributed by atoms with Crippen molar-refractivity contribution < 1.29 is 0 Å². The van der Waals surface area contributed by atoms with E-state index >= 15 is 0 Å². The van der Waals surface area contributed by atoms with E-state index in [1.54, 1.807) is 0 Å². The molecule has 0 heterocycles. The van der Waals surface area contributed by atoms with E-state index < -0.39 is 0 Å². The average Bonchev–Trinajstić information content (AvgIpc) is 2.55. The molecular formula is C20H17Cl. The lowest BCUT2D eigenvalue weighted by Gasteiger charge is -2.13. The summed E-state index contributed by atoms with van der Waals surface area (Å²) >= 11 is 6.59. The Balaban J connectivity index is 1.80. The molecule has 104 valence electrons. The highest BCUT2D eigenvalue weighted by Gasteiger charge is 2.11. The van der Waals surface area contributed by atoms with Crippen LogP contribution >= 0.6 is 11.6 Å². The molecule has 1 unspecified atom stereocenters. The molecule has 0 spiro atoms. The van der Waals surface area contributed by atoms with Crippen LogP contribution in [0.2, 0.25) is 0 Å². The standard InChI is InChI=1S/C20H17Cl/c1-15(16-7-3-2-4-8-16)13-20(21)19-12-11-17-9-5-6-10-18(17)14-19/h2-12,14,20H,1,13H2. The van der Waals surface area contributed by atoms with Crippen molar-refractivity contribution >= 4 is 27.9 Å². The Morgan fingerprint density at radius 2 is 1.52 bits per heavy atom. The Labute approximate surface area is 130 Å². The van der Waals surface area contributed by atoms with E-state index in [0.29, 0.717) is 0 Å². The summed E-state index contributed by atoms with van der Waals surface area (Å²) < 4.78 is 0. The molecule has 21 heavy (non-hydrogen) atoms. The van der Waals surface area contributed by atoms with Crippen LogP contribution < -0.4 is 0 Å². The Morgan fingerprint density at radius 3 is 2.29 bits per heavy atom. The van der Waals surface area contributed by atoms with E-state index in [2.05, 4.69) is 61.2 Å². The molecule has 0 aliphatic heterocycles. The quantitative estimate of drug-likeness (QED) is 0.500. The third-order valence-electron chi connectivity index (χ3n) is 3.74. The highest BCUT2D eigenvalue weighted by atomic mass is 35.5. The Bertz CT molecular complexity index is 759. The maximum atomic E-state index is 6.59. The zero-order valence-electron chi connectivity index (χ0n) is 11.8. The number of hydrogen-bond acceptors (Lipinski definition) is 0. The van der Waals surface area contributed by atoms with Crippen molar-refractivity contribution in [1.82, 2.24) is 0 Å². The normalized spacial score (nSPS) is 12.2. The molecule has 1 atom stereocenters. The minimum Gasteiger partial charge on any atom is -0.117 e. The van der Waals surface area contributed by atoms with Crippen LogP contribution in [0, 0.1) is 0 Å². The van der Waals surface area contributed by atoms with E-state index in [1.165, 1.54) is 10.8 Å². The number of alkyl halides is 1. The fourth-order valence-electron chi connectivity index (χ4n) is 2.53. The van der Waals surface area contributed by atoms with Gasteiger partial charge in [-0.1, -0.05) is 73.3 Å². The molecule has 0 saturated heterocycles. The molecule has 3 rings (SSSR count). The summed E-state index contributed by atoms with van der Waals surface area (Å²) in [6.45, 7) is 4.17. The van der Waals surface area contributed by atoms with Gasteiger partial charge in [-0.25, -0.2) is 0 Å². The van der Waals surface area contributed by atoms with Crippen molar-refractivity contribution in [3.63, 3.8) is 0 Å². The third kappa shape index (κ3) is 3.17. The smallest absolute Gasteiger partial charge is 0.0625 e. The maximum absolute atomic E-state index is 6.59. The molecule has 0 aromatic heterocycles. The monoisotopic (exact) mass is 292 g/mol. The predicted octanol–water partition coefficient (Wildman–Crippen LogP) is 6.22. The first kappa shape index (κ1) is 13.9. The van der Waals surface area contributed by atoms with Crippen molar-refractivity contribution in [1.29, 1.82) is 0 Å². The van der Waals surface area contributed by atoms with Gasteiger partial charge in [0.2, 0.25) is 0 Å². The molecule has 0 bridgehead atoms. The summed E-state index contributed by atoms with van der Waals surface area (Å²) in [7, 11) is 0. The average molecular weight is 293 g/mol. The minimum absolute atomic E-state index is 0.0534. The Morgan fingerprint density at radius 1 is 0.857 bits per heavy atom. The summed E-state index contributed by atoms with van der Waals surface area (Å²) in [6, 6.07) is 25.0. The number of allylic oxidation sites excluding steroid dienone is 1. The Kier molecular flexibility index (Phi) is 4.08. The summed E-state index contributed by atoms with van der Waals surface area (Å²) in [5.41, 5.74) is 3.38. The molecule has 1 heteroatoms. The lowest BCUT2D eigenvalue weighted by molar-refractivity contribution is 0.975. The van der Waals surface area contributed by atoms with Gasteiger partial charge in [0.05, 0.1) is 5.38 Å². The molecule has 0 radical (unpaired) electrons. The van der Waals surface area contributed by atoms with E-state index in [9.17, 15) is 0 Å². The van der Waals surface area contributed by atoms with Crippen LogP contribution in [-0.4, -0.2) is 0 Å². The number of halogens is 1. The molecule has 0 amide bonds. The van der Waals surface area contributed by atoms with Gasteiger partial charge in [-0.15, -0.1) is 11.6 Å². The van der Waals surface area contributed by atoms with E-state index in [4.69, 9.17) is 11.6 Å². The SMILES string of the molecule is C=C(CC(Cl)c1ccc2ccccc2c1)c1ccccc1. The number of hydrogen-bond donors (Lipinski definition) is 0. The zero-order valence-corrected chi connectivity index (χ0v) is 12.6. The van der Waals surface area contributed by atoms with E-state index in [0.717, 1.165) is 23.1 Å². The van der Waals surface area contributed by atoms with Crippen LogP contribution in [0.5, 0.6) is 0 Å². The minimum atomic E-state index is -0.0534. The van der Waals surface area contributed by atoms with Gasteiger partial charge in [0.25, 0.3) is 0 Å². The van der Waals surface area contributed by atoms with E-state index in [-0.39, 0.29) is 5.38 Å². The number of benzene rings is 3. The summed E-state index contributed by atoms with van der Waals surface area (Å²) in [5.74, 6) is 0. The molecule has 0 nitrogen and oxygen atoms in total. The second kappa shape index (κ2) is 6.15. The number of rotatable bonds is 4. The molecule has 3 aromatic rings. The lowest BCUT2D eigenvalue weighted by atomic mass is 9.98. The first-order valence-electron chi connectivity index (χ1n) is 7.10. The van der Waals surface area contributed by atoms with Crippen LogP contribution in [-0.2, 0) is 0 Å². The molecule has 0 saturated carbocycles. The third-order valence-corrected chi connectivity index (χ3v) is 4.15. The molecule has 0 aliphatic rings. The van der Waals surface area contributed by atoms with Crippen LogP contribution in [0.1, 0.15) is 22.9 Å². The van der Waals surface area contributed by atoms with Gasteiger partial charge in [0.1, 0.15) is 0 Å². The van der Waals surface area contributed by atoms with Gasteiger partial charge >= 0.3 is 0 Å². The number of fused-ring (bicyclic) bond motifs is 1. The van der Waals surface area contributed by atoms with Crippen molar-refractivity contribution in [3.8, 4) is 0 Å². The van der Waals surface area contributed by atoms with Crippen LogP contribution in [0.25, 0.3) is 16.3 Å². The topological polar surface area (TPSA) is 0 Å². The van der Waals surface area contributed by atoms with Gasteiger partial charge in [0.15, 0.2) is 0 Å². The summed E-state index contributed by atoms with van der Waals surface area (Å²) in [4.78, 5) is 0. The lowest BCUT2D eigenvalue weighted by Crippen LogP contribution is -1.93. The Hall–Kier alpha value is -2.05. The molecule has 0 fully saturated rings. The van der Waals surface area contributed by atoms with Crippen LogP contribution in [0.15, 0.2) is 79.4 Å². The summed E-state index contributed by atoms with van der Waals surface area (Å²) in [6.07, 6.45) is 0.754. The van der Waals surface area contributed by atoms with Crippen molar-refractivity contribution in [2.24, 2.45) is 0 Å². The van der Waals surface area contributed by atoms with Crippen LogP contribution in [0.3, 0.4) is 0 Å². The highest BCUT2D eigenvalue weighted by molar-refractivity contribution is 6.21. The molecule has 0 aliphatic carbocycles. The van der Waals surface area contributed by atoms with Crippen molar-refractivity contribution in [2.75, 3.05) is 0 Å². The largest absolute Gasteiger partial charge is 0.117 e. The molecule has 0 N–H and O–H groups in total. The van der Waals surface area contributed by atoms with Gasteiger partial charge in [-0.05, 0) is 40.0 Å². The molecular weight excluding hydrogens is 276 g/mol. The molecule has 3 aromatic carbocycles. The van der Waals surface area contributed by atoms with Gasteiger partial charge < -0.3 is 0 Å². The fraction of sp³-hybridized carbons (Fsp3) is 0.100. The highest BCUT2D eigenvalue weighted by Crippen LogP contribution is 2.32. The predicted molar refractivity (Wildman–Crippen MR) is 92.6 cm³/mol. The first-order chi connectivity index (χ1) is 10.2. The van der Waals surface area contributed by atoms with Gasteiger partial charge in [0, 0.05) is 0 Å². The van der Waals surface area contributed by atoms with Gasteiger partial charge in [-0.3, -0.25) is 0 Å². The maximum Gasteiger partial charge on any atom is 0.0625 e. The summed E-state index contributed by atoms with van der Waals surface area (Å²) in [5, 5.41) is 2.42. The first-order valence-corrected chi connectivity index (χ1v) is 7.53. The second-order valence-corrected chi connectivity index (χ2v) is 5.77. The van der Waals surface area contributed by atoms with Crippen molar-refractivity contribution in [2.45, 2.75) is 11.8 Å².